The molecular weight excluding hydrogens is 282 g/mol. The molecule has 0 saturated heterocycles. The van der Waals surface area contributed by atoms with Gasteiger partial charge in [-0.2, -0.15) is 0 Å². The van der Waals surface area contributed by atoms with Gasteiger partial charge in [0.05, 0.1) is 6.61 Å². The van der Waals surface area contributed by atoms with Crippen LogP contribution in [0.2, 0.25) is 0 Å². The standard InChI is InChI=1S/C13H18BrNO2/c1-4-17-13(16)12-9(2)11(10(3)15-12)7-5-6-8-14/h5,7,15H,4,6,8H2,1-3H3. The highest BCUT2D eigenvalue weighted by atomic mass is 79.9. The van der Waals surface area contributed by atoms with Crippen molar-refractivity contribution < 1.29 is 9.53 Å². The van der Waals surface area contributed by atoms with Crippen LogP contribution in [0.4, 0.5) is 0 Å². The Hall–Kier alpha value is -1.03. The number of allylic oxidation sites excluding steroid dienone is 1. The number of ether oxygens (including phenoxy) is 1. The minimum Gasteiger partial charge on any atom is -0.461 e. The molecule has 4 heteroatoms. The SMILES string of the molecule is CCOC(=O)c1[nH]c(C)c(C=CCCBr)c1C. The molecule has 0 aliphatic heterocycles. The van der Waals surface area contributed by atoms with Crippen LogP contribution in [0.1, 0.15) is 40.7 Å². The lowest BCUT2D eigenvalue weighted by atomic mass is 10.1. The average molecular weight is 300 g/mol. The van der Waals surface area contributed by atoms with Gasteiger partial charge in [-0.15, -0.1) is 0 Å². The summed E-state index contributed by atoms with van der Waals surface area (Å²) in [4.78, 5) is 14.8. The van der Waals surface area contributed by atoms with Crippen molar-refractivity contribution in [1.82, 2.24) is 4.98 Å². The van der Waals surface area contributed by atoms with Crippen LogP contribution in [0.3, 0.4) is 0 Å². The van der Waals surface area contributed by atoms with Crippen molar-refractivity contribution in [1.29, 1.82) is 0 Å². The predicted octanol–water partition coefficient (Wildman–Crippen LogP) is 3.61. The highest BCUT2D eigenvalue weighted by Crippen LogP contribution is 2.20. The second kappa shape index (κ2) is 6.64. The Kier molecular flexibility index (Phi) is 5.48. The van der Waals surface area contributed by atoms with E-state index in [-0.39, 0.29) is 5.97 Å². The van der Waals surface area contributed by atoms with E-state index in [1.54, 1.807) is 6.92 Å². The van der Waals surface area contributed by atoms with Crippen molar-refractivity contribution in [2.75, 3.05) is 11.9 Å². The highest BCUT2D eigenvalue weighted by Gasteiger charge is 2.16. The van der Waals surface area contributed by atoms with E-state index in [9.17, 15) is 4.79 Å². The van der Waals surface area contributed by atoms with Crippen molar-refractivity contribution in [3.05, 3.63) is 28.6 Å². The zero-order valence-electron chi connectivity index (χ0n) is 10.5. The van der Waals surface area contributed by atoms with Gasteiger partial charge < -0.3 is 9.72 Å². The fraction of sp³-hybridized carbons (Fsp3) is 0.462. The van der Waals surface area contributed by atoms with Crippen molar-refractivity contribution in [2.24, 2.45) is 0 Å². The van der Waals surface area contributed by atoms with Crippen LogP contribution >= 0.6 is 15.9 Å². The van der Waals surface area contributed by atoms with Crippen LogP contribution in [0, 0.1) is 13.8 Å². The van der Waals surface area contributed by atoms with E-state index in [0.29, 0.717) is 12.3 Å². The molecule has 0 atom stereocenters. The third-order valence-corrected chi connectivity index (χ3v) is 2.99. The molecule has 0 bridgehead atoms. The average Bonchev–Trinajstić information content (AvgIpc) is 2.57. The minimum atomic E-state index is -0.284. The Morgan fingerprint density at radius 3 is 2.76 bits per heavy atom. The summed E-state index contributed by atoms with van der Waals surface area (Å²) in [5, 5.41) is 0.941. The number of carbonyl (C=O) groups is 1. The molecule has 0 fully saturated rings. The lowest BCUT2D eigenvalue weighted by molar-refractivity contribution is 0.0519. The number of esters is 1. The lowest BCUT2D eigenvalue weighted by Gasteiger charge is -2.00. The Labute approximate surface area is 110 Å². The lowest BCUT2D eigenvalue weighted by Crippen LogP contribution is -2.06. The largest absolute Gasteiger partial charge is 0.461 e. The molecule has 0 saturated carbocycles. The second-order valence-electron chi connectivity index (χ2n) is 3.76. The number of aromatic nitrogens is 1. The van der Waals surface area contributed by atoms with Crippen molar-refractivity contribution in [3.63, 3.8) is 0 Å². The van der Waals surface area contributed by atoms with Gasteiger partial charge in [0.25, 0.3) is 0 Å². The third kappa shape index (κ3) is 3.46. The molecule has 17 heavy (non-hydrogen) atoms. The maximum absolute atomic E-state index is 11.7. The van der Waals surface area contributed by atoms with Crippen LogP contribution in [-0.2, 0) is 4.74 Å². The summed E-state index contributed by atoms with van der Waals surface area (Å²) < 4.78 is 5.00. The Morgan fingerprint density at radius 2 is 2.18 bits per heavy atom. The number of aryl methyl sites for hydroxylation is 1. The molecule has 0 aliphatic carbocycles. The molecule has 94 valence electrons. The summed E-state index contributed by atoms with van der Waals surface area (Å²) in [6, 6.07) is 0. The summed E-state index contributed by atoms with van der Waals surface area (Å²) in [5.41, 5.74) is 3.58. The summed E-state index contributed by atoms with van der Waals surface area (Å²) in [6.45, 7) is 6.10. The number of carbonyl (C=O) groups excluding carboxylic acids is 1. The molecular formula is C13H18BrNO2. The Morgan fingerprint density at radius 1 is 1.47 bits per heavy atom. The third-order valence-electron chi connectivity index (χ3n) is 2.54. The molecule has 1 rings (SSSR count). The zero-order valence-corrected chi connectivity index (χ0v) is 12.1. The van der Waals surface area contributed by atoms with Gasteiger partial charge in [-0.3, -0.25) is 0 Å². The van der Waals surface area contributed by atoms with Crippen LogP contribution in [0.25, 0.3) is 6.08 Å². The number of alkyl halides is 1. The van der Waals surface area contributed by atoms with Crippen LogP contribution in [0.15, 0.2) is 6.08 Å². The molecule has 1 aromatic rings. The normalized spacial score (nSPS) is 11.1. The van der Waals surface area contributed by atoms with Gasteiger partial charge in [0, 0.05) is 11.0 Å². The maximum atomic E-state index is 11.7. The number of hydrogen-bond donors (Lipinski definition) is 1. The molecule has 0 amide bonds. The summed E-state index contributed by atoms with van der Waals surface area (Å²) in [7, 11) is 0. The van der Waals surface area contributed by atoms with E-state index >= 15 is 0 Å². The van der Waals surface area contributed by atoms with Gasteiger partial charge in [-0.1, -0.05) is 28.1 Å². The maximum Gasteiger partial charge on any atom is 0.355 e. The minimum absolute atomic E-state index is 0.284. The van der Waals surface area contributed by atoms with Crippen molar-refractivity contribution in [2.45, 2.75) is 27.2 Å². The van der Waals surface area contributed by atoms with Gasteiger partial charge in [0.1, 0.15) is 5.69 Å². The smallest absolute Gasteiger partial charge is 0.355 e. The molecule has 0 aromatic carbocycles. The molecule has 1 aromatic heterocycles. The highest BCUT2D eigenvalue weighted by molar-refractivity contribution is 9.09. The van der Waals surface area contributed by atoms with Gasteiger partial charge in [0.2, 0.25) is 0 Å². The molecule has 1 N–H and O–H groups in total. The van der Waals surface area contributed by atoms with Gasteiger partial charge >= 0.3 is 5.97 Å². The van der Waals surface area contributed by atoms with E-state index in [1.807, 2.05) is 19.9 Å². The number of hydrogen-bond acceptors (Lipinski definition) is 2. The topological polar surface area (TPSA) is 42.1 Å². The van der Waals surface area contributed by atoms with Gasteiger partial charge in [-0.05, 0) is 38.3 Å². The number of nitrogens with one attached hydrogen (secondary N) is 1. The van der Waals surface area contributed by atoms with E-state index in [0.717, 1.165) is 28.6 Å². The summed E-state index contributed by atoms with van der Waals surface area (Å²) in [6.07, 6.45) is 5.11. The van der Waals surface area contributed by atoms with Crippen molar-refractivity contribution in [3.8, 4) is 0 Å². The fourth-order valence-corrected chi connectivity index (χ4v) is 1.95. The fourth-order valence-electron chi connectivity index (χ4n) is 1.69. The van der Waals surface area contributed by atoms with Gasteiger partial charge in [0.15, 0.2) is 0 Å². The first-order chi connectivity index (χ1) is 8.11. The first-order valence-electron chi connectivity index (χ1n) is 5.70. The van der Waals surface area contributed by atoms with Gasteiger partial charge in [-0.25, -0.2) is 4.79 Å². The first kappa shape index (κ1) is 14.0. The van der Waals surface area contributed by atoms with E-state index in [1.165, 1.54) is 0 Å². The number of rotatable bonds is 5. The number of halogens is 1. The Balaban J connectivity index is 2.97. The van der Waals surface area contributed by atoms with E-state index in [2.05, 4.69) is 27.0 Å². The Bertz CT molecular complexity index is 421. The van der Waals surface area contributed by atoms with E-state index in [4.69, 9.17) is 4.74 Å². The molecule has 1 heterocycles. The van der Waals surface area contributed by atoms with Crippen LogP contribution in [-0.4, -0.2) is 22.9 Å². The number of H-pyrrole nitrogens is 1. The first-order valence-corrected chi connectivity index (χ1v) is 6.82. The predicted molar refractivity (Wildman–Crippen MR) is 73.7 cm³/mol. The molecule has 0 radical (unpaired) electrons. The molecule has 3 nitrogen and oxygen atoms in total. The number of aromatic amines is 1. The quantitative estimate of drug-likeness (QED) is 0.667. The summed E-state index contributed by atoms with van der Waals surface area (Å²) in [5.74, 6) is -0.284. The van der Waals surface area contributed by atoms with E-state index < -0.39 is 0 Å². The molecule has 0 spiro atoms. The molecule has 0 aliphatic rings. The second-order valence-corrected chi connectivity index (χ2v) is 4.56. The monoisotopic (exact) mass is 299 g/mol. The van der Waals surface area contributed by atoms with Crippen LogP contribution in [0.5, 0.6) is 0 Å². The zero-order chi connectivity index (χ0) is 12.8. The molecule has 0 unspecified atom stereocenters. The van der Waals surface area contributed by atoms with Crippen molar-refractivity contribution >= 4 is 28.0 Å². The summed E-state index contributed by atoms with van der Waals surface area (Å²) >= 11 is 3.38. The van der Waals surface area contributed by atoms with Crippen LogP contribution < -0.4 is 0 Å².